The van der Waals surface area contributed by atoms with Crippen molar-refractivity contribution in [1.29, 1.82) is 0 Å². The van der Waals surface area contributed by atoms with Crippen molar-refractivity contribution in [3.05, 3.63) is 35.8 Å². The number of fused-ring (bicyclic) bond motifs is 1. The Kier molecular flexibility index (Phi) is 3.88. The predicted octanol–water partition coefficient (Wildman–Crippen LogP) is 5.00. The van der Waals surface area contributed by atoms with Gasteiger partial charge in [-0.3, -0.25) is 0 Å². The quantitative estimate of drug-likeness (QED) is 0.660. The summed E-state index contributed by atoms with van der Waals surface area (Å²) in [5, 5.41) is 0.186. The maximum absolute atomic E-state index is 13.9. The van der Waals surface area contributed by atoms with Gasteiger partial charge in [-0.05, 0) is 25.5 Å². The molecule has 0 radical (unpaired) electrons. The van der Waals surface area contributed by atoms with E-state index in [0.29, 0.717) is 5.69 Å². The summed E-state index contributed by atoms with van der Waals surface area (Å²) in [6.45, 7) is -0.185. The van der Waals surface area contributed by atoms with Gasteiger partial charge < -0.3 is 4.90 Å². The van der Waals surface area contributed by atoms with E-state index < -0.39 is 43.1 Å². The van der Waals surface area contributed by atoms with Crippen LogP contribution in [0, 0.1) is 18.2 Å². The van der Waals surface area contributed by atoms with Crippen molar-refractivity contribution in [2.45, 2.75) is 25.7 Å². The highest BCUT2D eigenvalue weighted by molar-refractivity contribution is 5.92. The summed E-state index contributed by atoms with van der Waals surface area (Å²) < 4.78 is 93.4. The number of benzene rings is 1. The monoisotopic (exact) mass is 366 g/mol. The molecule has 9 heteroatoms. The van der Waals surface area contributed by atoms with Crippen LogP contribution < -0.4 is 4.90 Å². The zero-order valence-electron chi connectivity index (χ0n) is 13.0. The smallest absolute Gasteiger partial charge is 0.370 e. The van der Waals surface area contributed by atoms with Gasteiger partial charge in [0.1, 0.15) is 11.3 Å². The highest BCUT2D eigenvalue weighted by Crippen LogP contribution is 2.56. The van der Waals surface area contributed by atoms with Gasteiger partial charge in [-0.1, -0.05) is 12.1 Å². The number of anilines is 1. The average molecular weight is 366 g/mol. The molecule has 0 N–H and O–H groups in total. The van der Waals surface area contributed by atoms with Gasteiger partial charge in [0.2, 0.25) is 0 Å². The van der Waals surface area contributed by atoms with Gasteiger partial charge in [0.15, 0.2) is 5.41 Å². The first-order valence-electron chi connectivity index (χ1n) is 7.40. The number of para-hydroxylation sites is 1. The molecule has 0 aliphatic carbocycles. The molecule has 2 nitrogen and oxygen atoms in total. The highest BCUT2D eigenvalue weighted by atomic mass is 19.4. The third-order valence-electron chi connectivity index (χ3n) is 4.59. The number of pyridine rings is 1. The fourth-order valence-corrected chi connectivity index (χ4v) is 3.22. The van der Waals surface area contributed by atoms with Gasteiger partial charge >= 0.3 is 12.4 Å². The molecule has 0 saturated carbocycles. The number of rotatable bonds is 1. The SMILES string of the molecule is Cc1cc(N2CCC(C(F)(F)F)(C(F)(F)F)C2)c2cccc(F)c2n1. The summed E-state index contributed by atoms with van der Waals surface area (Å²) in [7, 11) is 0. The minimum atomic E-state index is -5.43. The molecule has 136 valence electrons. The zero-order valence-corrected chi connectivity index (χ0v) is 13.0. The van der Waals surface area contributed by atoms with Crippen LogP contribution in [0.3, 0.4) is 0 Å². The number of halogens is 7. The van der Waals surface area contributed by atoms with Crippen LogP contribution in [0.4, 0.5) is 36.4 Å². The Hall–Kier alpha value is -2.06. The van der Waals surface area contributed by atoms with E-state index in [1.165, 1.54) is 25.1 Å². The second-order valence-corrected chi connectivity index (χ2v) is 6.17. The van der Waals surface area contributed by atoms with E-state index in [0.717, 1.165) is 11.0 Å². The fourth-order valence-electron chi connectivity index (χ4n) is 3.22. The molecule has 0 spiro atoms. The summed E-state index contributed by atoms with van der Waals surface area (Å²) in [5.41, 5.74) is -3.44. The predicted molar refractivity (Wildman–Crippen MR) is 77.8 cm³/mol. The topological polar surface area (TPSA) is 16.1 Å². The maximum Gasteiger partial charge on any atom is 0.404 e. The van der Waals surface area contributed by atoms with Crippen molar-refractivity contribution < 1.29 is 30.7 Å². The molecule has 2 aromatic rings. The van der Waals surface area contributed by atoms with E-state index in [1.807, 2.05) is 0 Å². The molecule has 25 heavy (non-hydrogen) atoms. The van der Waals surface area contributed by atoms with Crippen LogP contribution in [-0.4, -0.2) is 30.4 Å². The van der Waals surface area contributed by atoms with E-state index >= 15 is 0 Å². The second kappa shape index (κ2) is 5.47. The Morgan fingerprint density at radius 3 is 2.28 bits per heavy atom. The summed E-state index contributed by atoms with van der Waals surface area (Å²) in [4.78, 5) is 5.01. The first-order chi connectivity index (χ1) is 11.5. The Bertz CT molecular complexity index is 796. The van der Waals surface area contributed by atoms with Crippen molar-refractivity contribution >= 4 is 16.6 Å². The molecule has 0 bridgehead atoms. The number of hydrogen-bond donors (Lipinski definition) is 0. The van der Waals surface area contributed by atoms with Gasteiger partial charge in [0.05, 0.1) is 0 Å². The minimum Gasteiger partial charge on any atom is -0.370 e. The summed E-state index contributed by atoms with van der Waals surface area (Å²) in [5.74, 6) is -0.681. The van der Waals surface area contributed by atoms with Gasteiger partial charge in [0, 0.05) is 29.9 Å². The normalized spacial score (nSPS) is 18.2. The third-order valence-corrected chi connectivity index (χ3v) is 4.59. The van der Waals surface area contributed by atoms with Crippen LogP contribution in [0.5, 0.6) is 0 Å². The molecule has 1 aliphatic heterocycles. The van der Waals surface area contributed by atoms with Crippen LogP contribution in [0.15, 0.2) is 24.3 Å². The summed E-state index contributed by atoms with van der Waals surface area (Å²) in [6, 6.07) is 5.29. The lowest BCUT2D eigenvalue weighted by molar-refractivity contribution is -0.332. The lowest BCUT2D eigenvalue weighted by Crippen LogP contribution is -2.51. The number of alkyl halides is 6. The summed E-state index contributed by atoms with van der Waals surface area (Å²) >= 11 is 0. The van der Waals surface area contributed by atoms with E-state index in [-0.39, 0.29) is 16.6 Å². The highest BCUT2D eigenvalue weighted by Gasteiger charge is 2.72. The summed E-state index contributed by atoms with van der Waals surface area (Å²) in [6.07, 6.45) is -12.0. The van der Waals surface area contributed by atoms with Crippen molar-refractivity contribution in [2.75, 3.05) is 18.0 Å². The van der Waals surface area contributed by atoms with E-state index in [1.54, 1.807) is 0 Å². The minimum absolute atomic E-state index is 0.0750. The molecule has 1 saturated heterocycles. The van der Waals surface area contributed by atoms with E-state index in [9.17, 15) is 30.7 Å². The van der Waals surface area contributed by atoms with Crippen LogP contribution in [0.2, 0.25) is 0 Å². The molecule has 1 fully saturated rings. The number of aryl methyl sites for hydroxylation is 1. The number of nitrogens with zero attached hydrogens (tertiary/aromatic N) is 2. The molecule has 0 atom stereocenters. The molecule has 1 aliphatic rings. The van der Waals surface area contributed by atoms with Crippen LogP contribution in [0.1, 0.15) is 12.1 Å². The van der Waals surface area contributed by atoms with Crippen molar-refractivity contribution in [2.24, 2.45) is 5.41 Å². The van der Waals surface area contributed by atoms with Crippen LogP contribution >= 0.6 is 0 Å². The first-order valence-corrected chi connectivity index (χ1v) is 7.40. The van der Waals surface area contributed by atoms with E-state index in [4.69, 9.17) is 0 Å². The van der Waals surface area contributed by atoms with Crippen LogP contribution in [0.25, 0.3) is 10.9 Å². The molecule has 1 aromatic carbocycles. The zero-order chi connectivity index (χ0) is 18.6. The Morgan fingerprint density at radius 1 is 1.08 bits per heavy atom. The lowest BCUT2D eigenvalue weighted by atomic mass is 9.85. The van der Waals surface area contributed by atoms with Gasteiger partial charge in [-0.25, -0.2) is 9.37 Å². The molecule has 0 amide bonds. The molecule has 2 heterocycles. The van der Waals surface area contributed by atoms with Crippen molar-refractivity contribution in [3.8, 4) is 0 Å². The van der Waals surface area contributed by atoms with Gasteiger partial charge in [-0.15, -0.1) is 0 Å². The maximum atomic E-state index is 13.9. The van der Waals surface area contributed by atoms with Crippen LogP contribution in [-0.2, 0) is 0 Å². The van der Waals surface area contributed by atoms with E-state index in [2.05, 4.69) is 4.98 Å². The Labute approximate surface area is 138 Å². The molecule has 3 rings (SSSR count). The molecular weight excluding hydrogens is 353 g/mol. The molecule has 0 unspecified atom stereocenters. The van der Waals surface area contributed by atoms with Crippen molar-refractivity contribution in [1.82, 2.24) is 4.98 Å². The fraction of sp³-hybridized carbons (Fsp3) is 0.438. The van der Waals surface area contributed by atoms with Crippen molar-refractivity contribution in [3.63, 3.8) is 0 Å². The second-order valence-electron chi connectivity index (χ2n) is 6.17. The molecule has 1 aromatic heterocycles. The number of hydrogen-bond acceptors (Lipinski definition) is 2. The first kappa shape index (κ1) is 17.8. The number of aromatic nitrogens is 1. The van der Waals surface area contributed by atoms with Gasteiger partial charge in [0.25, 0.3) is 0 Å². The molecular formula is C16H13F7N2. The third kappa shape index (κ3) is 2.69. The Balaban J connectivity index is 2.11. The average Bonchev–Trinajstić information content (AvgIpc) is 2.93. The van der Waals surface area contributed by atoms with Gasteiger partial charge in [-0.2, -0.15) is 26.3 Å². The lowest BCUT2D eigenvalue weighted by Gasteiger charge is -2.34. The Morgan fingerprint density at radius 2 is 1.72 bits per heavy atom. The standard InChI is InChI=1S/C16H13F7N2/c1-9-7-12(10-3-2-4-11(17)13(10)24-9)25-6-5-14(8-25,15(18,19)20)16(21,22)23/h2-4,7H,5-6,8H2,1H3. The largest absolute Gasteiger partial charge is 0.404 e.